The lowest BCUT2D eigenvalue weighted by molar-refractivity contribution is -0.119. The van der Waals surface area contributed by atoms with Crippen molar-refractivity contribution < 1.29 is 19.5 Å². The number of urea groups is 1. The predicted octanol–water partition coefficient (Wildman–Crippen LogP) is -0.210. The summed E-state index contributed by atoms with van der Waals surface area (Å²) in [5.74, 6) is -1.23. The lowest BCUT2D eigenvalue weighted by Crippen LogP contribution is -2.39. The molecule has 1 atom stereocenters. The second-order valence-electron chi connectivity index (χ2n) is 4.07. The summed E-state index contributed by atoms with van der Waals surface area (Å²) < 4.78 is 0. The Morgan fingerprint density at radius 3 is 2.84 bits per heavy atom. The van der Waals surface area contributed by atoms with Crippen molar-refractivity contribution >= 4 is 23.6 Å². The molecule has 1 unspecified atom stereocenters. The van der Waals surface area contributed by atoms with Gasteiger partial charge in [0.05, 0.1) is 23.5 Å². The van der Waals surface area contributed by atoms with Gasteiger partial charge in [-0.15, -0.1) is 0 Å². The Balaban J connectivity index is 1.93. The molecule has 0 saturated carbocycles. The van der Waals surface area contributed by atoms with Crippen LogP contribution < -0.4 is 16.0 Å². The summed E-state index contributed by atoms with van der Waals surface area (Å²) in [5, 5.41) is 16.4. The fourth-order valence-electron chi connectivity index (χ4n) is 1.69. The van der Waals surface area contributed by atoms with Crippen molar-refractivity contribution in [3.8, 4) is 0 Å². The summed E-state index contributed by atoms with van der Waals surface area (Å²) in [6, 6.07) is 0.529. The van der Waals surface area contributed by atoms with Crippen LogP contribution in [0.3, 0.4) is 0 Å². The predicted molar refractivity (Wildman–Crippen MR) is 64.8 cm³/mol. The van der Waals surface area contributed by atoms with E-state index < -0.39 is 12.0 Å². The number of aromatic carboxylic acids is 1. The van der Waals surface area contributed by atoms with E-state index in [1.807, 2.05) is 0 Å². The number of hydrogen-bond donors (Lipinski definition) is 4. The highest BCUT2D eigenvalue weighted by atomic mass is 16.4. The minimum Gasteiger partial charge on any atom is -0.478 e. The van der Waals surface area contributed by atoms with Crippen molar-refractivity contribution in [3.63, 3.8) is 0 Å². The highest BCUT2D eigenvalue weighted by Gasteiger charge is 2.22. The minimum absolute atomic E-state index is 0.0180. The third-order valence-electron chi connectivity index (χ3n) is 2.56. The summed E-state index contributed by atoms with van der Waals surface area (Å²) in [6.07, 6.45) is 2.76. The average molecular weight is 264 g/mol. The number of carboxylic acids is 1. The van der Waals surface area contributed by atoms with Crippen LogP contribution in [-0.2, 0) is 4.79 Å². The van der Waals surface area contributed by atoms with Crippen molar-refractivity contribution in [2.45, 2.75) is 12.5 Å². The molecule has 1 aromatic heterocycles. The molecule has 0 aliphatic carbocycles. The van der Waals surface area contributed by atoms with E-state index in [0.717, 1.165) is 0 Å². The summed E-state index contributed by atoms with van der Waals surface area (Å²) in [5.41, 5.74) is 0.255. The van der Waals surface area contributed by atoms with Crippen molar-refractivity contribution in [2.75, 3.05) is 11.9 Å². The van der Waals surface area contributed by atoms with Crippen LogP contribution in [0.2, 0.25) is 0 Å². The number of hydrogen-bond acceptors (Lipinski definition) is 4. The van der Waals surface area contributed by atoms with Gasteiger partial charge in [0.25, 0.3) is 0 Å². The Morgan fingerprint density at radius 2 is 2.21 bits per heavy atom. The van der Waals surface area contributed by atoms with E-state index in [4.69, 9.17) is 5.11 Å². The van der Waals surface area contributed by atoms with Gasteiger partial charge in [-0.3, -0.25) is 9.78 Å². The van der Waals surface area contributed by atoms with Crippen LogP contribution in [0, 0.1) is 0 Å². The van der Waals surface area contributed by atoms with Gasteiger partial charge >= 0.3 is 12.0 Å². The zero-order valence-electron chi connectivity index (χ0n) is 9.84. The second-order valence-corrected chi connectivity index (χ2v) is 4.07. The molecule has 2 rings (SSSR count). The van der Waals surface area contributed by atoms with Gasteiger partial charge in [-0.2, -0.15) is 0 Å². The van der Waals surface area contributed by atoms with Crippen LogP contribution in [0.5, 0.6) is 0 Å². The number of rotatable bonds is 3. The van der Waals surface area contributed by atoms with E-state index in [1.165, 1.54) is 18.5 Å². The summed E-state index contributed by atoms with van der Waals surface area (Å²) in [4.78, 5) is 37.0. The van der Waals surface area contributed by atoms with Gasteiger partial charge in [-0.25, -0.2) is 9.59 Å². The highest BCUT2D eigenvalue weighted by Crippen LogP contribution is 2.08. The Kier molecular flexibility index (Phi) is 3.60. The monoisotopic (exact) mass is 264 g/mol. The summed E-state index contributed by atoms with van der Waals surface area (Å²) in [6.45, 7) is 0.389. The van der Waals surface area contributed by atoms with E-state index in [0.29, 0.717) is 6.54 Å². The zero-order valence-corrected chi connectivity index (χ0v) is 9.84. The largest absolute Gasteiger partial charge is 0.478 e. The smallest absolute Gasteiger partial charge is 0.337 e. The maximum Gasteiger partial charge on any atom is 0.337 e. The van der Waals surface area contributed by atoms with Gasteiger partial charge in [0.1, 0.15) is 0 Å². The van der Waals surface area contributed by atoms with Gasteiger partial charge in [0, 0.05) is 19.2 Å². The van der Waals surface area contributed by atoms with Crippen LogP contribution in [0.25, 0.3) is 0 Å². The number of nitrogens with zero attached hydrogens (tertiary/aromatic N) is 1. The van der Waals surface area contributed by atoms with Gasteiger partial charge in [-0.05, 0) is 6.07 Å². The van der Waals surface area contributed by atoms with Gasteiger partial charge in [0.15, 0.2) is 0 Å². The quantitative estimate of drug-likeness (QED) is 0.602. The van der Waals surface area contributed by atoms with Gasteiger partial charge in [0.2, 0.25) is 5.91 Å². The van der Waals surface area contributed by atoms with Crippen LogP contribution in [-0.4, -0.2) is 40.6 Å². The molecular formula is C11H12N4O4. The standard InChI is InChI=1S/C11H12N4O4/c16-9-2-8(5-13-9)15-11(19)14-7-1-6(10(17)18)3-12-4-7/h1,3-4,8H,2,5H2,(H,13,16)(H,17,18)(H2,14,15,19). The molecule has 0 radical (unpaired) electrons. The number of carboxylic acid groups (broad SMARTS) is 1. The summed E-state index contributed by atoms with van der Waals surface area (Å²) >= 11 is 0. The lowest BCUT2D eigenvalue weighted by Gasteiger charge is -2.11. The molecule has 1 aliphatic rings. The lowest BCUT2D eigenvalue weighted by atomic mass is 10.2. The molecule has 0 spiro atoms. The first-order chi connectivity index (χ1) is 9.04. The first-order valence-electron chi connectivity index (χ1n) is 5.57. The first kappa shape index (κ1) is 12.8. The SMILES string of the molecule is O=C1CC(NC(=O)Nc2cncc(C(=O)O)c2)CN1. The molecule has 4 N–H and O–H groups in total. The van der Waals surface area contributed by atoms with Crippen LogP contribution in [0.1, 0.15) is 16.8 Å². The molecule has 3 amide bonds. The first-order valence-corrected chi connectivity index (χ1v) is 5.57. The molecule has 1 saturated heterocycles. The third kappa shape index (κ3) is 3.41. The summed E-state index contributed by atoms with van der Waals surface area (Å²) in [7, 11) is 0. The van der Waals surface area contributed by atoms with E-state index in [2.05, 4.69) is 20.9 Å². The van der Waals surface area contributed by atoms with E-state index in [9.17, 15) is 14.4 Å². The molecule has 8 nitrogen and oxygen atoms in total. The number of pyridine rings is 1. The van der Waals surface area contributed by atoms with Crippen LogP contribution >= 0.6 is 0 Å². The fourth-order valence-corrected chi connectivity index (χ4v) is 1.69. The number of amides is 3. The minimum atomic E-state index is -1.12. The Bertz CT molecular complexity index is 531. The number of carbonyl (C=O) groups excluding carboxylic acids is 2. The van der Waals surface area contributed by atoms with Gasteiger partial charge < -0.3 is 21.1 Å². The fraction of sp³-hybridized carbons (Fsp3) is 0.273. The van der Waals surface area contributed by atoms with Crippen LogP contribution in [0.15, 0.2) is 18.5 Å². The van der Waals surface area contributed by atoms with Crippen molar-refractivity contribution in [3.05, 3.63) is 24.0 Å². The Hall–Kier alpha value is -2.64. The molecule has 19 heavy (non-hydrogen) atoms. The number of aromatic nitrogens is 1. The molecule has 2 heterocycles. The van der Waals surface area contributed by atoms with Gasteiger partial charge in [-0.1, -0.05) is 0 Å². The molecule has 8 heteroatoms. The van der Waals surface area contributed by atoms with E-state index in [-0.39, 0.29) is 29.6 Å². The van der Waals surface area contributed by atoms with Crippen molar-refractivity contribution in [1.29, 1.82) is 0 Å². The van der Waals surface area contributed by atoms with Crippen molar-refractivity contribution in [2.24, 2.45) is 0 Å². The Labute approximate surface area is 108 Å². The van der Waals surface area contributed by atoms with E-state index >= 15 is 0 Å². The van der Waals surface area contributed by atoms with Crippen molar-refractivity contribution in [1.82, 2.24) is 15.6 Å². The second kappa shape index (κ2) is 5.34. The molecule has 1 fully saturated rings. The number of anilines is 1. The Morgan fingerprint density at radius 1 is 1.42 bits per heavy atom. The average Bonchev–Trinajstić information content (AvgIpc) is 2.74. The van der Waals surface area contributed by atoms with Crippen LogP contribution in [0.4, 0.5) is 10.5 Å². The molecule has 1 aliphatic heterocycles. The normalized spacial score (nSPS) is 17.7. The number of nitrogens with one attached hydrogen (secondary N) is 3. The van der Waals surface area contributed by atoms with E-state index in [1.54, 1.807) is 0 Å². The molecule has 0 aromatic carbocycles. The molecular weight excluding hydrogens is 252 g/mol. The molecule has 1 aromatic rings. The third-order valence-corrected chi connectivity index (χ3v) is 2.56. The maximum absolute atomic E-state index is 11.6. The number of carbonyl (C=O) groups is 3. The zero-order chi connectivity index (χ0) is 13.8. The molecule has 0 bridgehead atoms. The maximum atomic E-state index is 11.6. The topological polar surface area (TPSA) is 120 Å². The molecule has 100 valence electrons. The highest BCUT2D eigenvalue weighted by molar-refractivity contribution is 5.93.